The first-order valence-electron chi connectivity index (χ1n) is 6.64. The number of rotatable bonds is 3. The molecule has 4 heteroatoms. The first kappa shape index (κ1) is 13.6. The predicted molar refractivity (Wildman–Crippen MR) is 78.9 cm³/mol. The van der Waals surface area contributed by atoms with Gasteiger partial charge in [-0.1, -0.05) is 29.8 Å². The Hall–Kier alpha value is -1.42. The molecular weight excluding hydrogens is 275 g/mol. The van der Waals surface area contributed by atoms with Crippen LogP contribution in [0.1, 0.15) is 22.7 Å². The van der Waals surface area contributed by atoms with Crippen LogP contribution in [0.4, 0.5) is 4.39 Å². The molecule has 0 aliphatic carbocycles. The Kier molecular flexibility index (Phi) is 3.74. The fourth-order valence-corrected chi connectivity index (χ4v) is 2.99. The molecule has 0 radical (unpaired) electrons. The molecule has 2 aromatic rings. The summed E-state index contributed by atoms with van der Waals surface area (Å²) in [7, 11) is 0. The van der Waals surface area contributed by atoms with Crippen LogP contribution >= 0.6 is 11.6 Å². The lowest BCUT2D eigenvalue weighted by molar-refractivity contribution is 0.211. The Morgan fingerprint density at radius 1 is 1.20 bits per heavy atom. The smallest absolute Gasteiger partial charge is 0.123 e. The Bertz CT molecular complexity index is 612. The molecule has 2 nitrogen and oxygen atoms in total. The van der Waals surface area contributed by atoms with Gasteiger partial charge in [-0.2, -0.15) is 0 Å². The predicted octanol–water partition coefficient (Wildman–Crippen LogP) is 3.49. The quantitative estimate of drug-likeness (QED) is 0.937. The van der Waals surface area contributed by atoms with Crippen LogP contribution in [0.2, 0.25) is 5.02 Å². The topological polar surface area (TPSA) is 29.3 Å². The molecule has 20 heavy (non-hydrogen) atoms. The molecule has 0 fully saturated rings. The maximum atomic E-state index is 13.0. The zero-order valence-corrected chi connectivity index (χ0v) is 11.8. The SMILES string of the molecule is NCC1c2cc(Cl)ccc2CN1Cc1ccc(F)cc1. The van der Waals surface area contributed by atoms with Crippen LogP contribution in [0.15, 0.2) is 42.5 Å². The molecule has 0 saturated heterocycles. The summed E-state index contributed by atoms with van der Waals surface area (Å²) in [6.07, 6.45) is 0. The summed E-state index contributed by atoms with van der Waals surface area (Å²) in [6, 6.07) is 12.8. The van der Waals surface area contributed by atoms with Gasteiger partial charge in [-0.3, -0.25) is 4.90 Å². The van der Waals surface area contributed by atoms with E-state index in [-0.39, 0.29) is 11.9 Å². The maximum Gasteiger partial charge on any atom is 0.123 e. The Balaban J connectivity index is 1.83. The van der Waals surface area contributed by atoms with Crippen molar-refractivity contribution in [3.63, 3.8) is 0 Å². The molecule has 0 saturated carbocycles. The van der Waals surface area contributed by atoms with Gasteiger partial charge in [0.2, 0.25) is 0 Å². The van der Waals surface area contributed by atoms with Gasteiger partial charge in [0.25, 0.3) is 0 Å². The van der Waals surface area contributed by atoms with E-state index >= 15 is 0 Å². The van der Waals surface area contributed by atoms with Crippen LogP contribution in [0.3, 0.4) is 0 Å². The van der Waals surface area contributed by atoms with E-state index in [4.69, 9.17) is 17.3 Å². The fraction of sp³-hybridized carbons (Fsp3) is 0.250. The van der Waals surface area contributed by atoms with E-state index in [1.807, 2.05) is 24.3 Å². The molecule has 0 spiro atoms. The highest BCUT2D eigenvalue weighted by atomic mass is 35.5. The zero-order valence-electron chi connectivity index (χ0n) is 11.0. The lowest BCUT2D eigenvalue weighted by Crippen LogP contribution is -2.27. The van der Waals surface area contributed by atoms with E-state index in [2.05, 4.69) is 11.0 Å². The number of hydrogen-bond donors (Lipinski definition) is 1. The summed E-state index contributed by atoms with van der Waals surface area (Å²) in [6.45, 7) is 2.16. The molecule has 1 heterocycles. The highest BCUT2D eigenvalue weighted by Gasteiger charge is 2.29. The van der Waals surface area contributed by atoms with E-state index in [0.29, 0.717) is 6.54 Å². The average Bonchev–Trinajstić information content (AvgIpc) is 2.78. The van der Waals surface area contributed by atoms with Crippen molar-refractivity contribution in [2.75, 3.05) is 6.54 Å². The highest BCUT2D eigenvalue weighted by Crippen LogP contribution is 2.35. The van der Waals surface area contributed by atoms with Crippen LogP contribution in [0.25, 0.3) is 0 Å². The van der Waals surface area contributed by atoms with Crippen LogP contribution < -0.4 is 5.73 Å². The van der Waals surface area contributed by atoms with Gasteiger partial charge in [-0.05, 0) is 41.0 Å². The van der Waals surface area contributed by atoms with Crippen molar-refractivity contribution in [3.05, 3.63) is 70.0 Å². The Labute approximate surface area is 123 Å². The molecular formula is C16H16ClFN2. The normalized spacial score (nSPS) is 18.2. The minimum Gasteiger partial charge on any atom is -0.329 e. The summed E-state index contributed by atoms with van der Waals surface area (Å²) in [5.41, 5.74) is 9.49. The lowest BCUT2D eigenvalue weighted by atomic mass is 10.1. The zero-order chi connectivity index (χ0) is 14.1. The van der Waals surface area contributed by atoms with E-state index in [9.17, 15) is 4.39 Å². The number of nitrogens with zero attached hydrogens (tertiary/aromatic N) is 1. The molecule has 1 aliphatic rings. The van der Waals surface area contributed by atoms with Gasteiger partial charge in [-0.25, -0.2) is 4.39 Å². The minimum atomic E-state index is -0.208. The van der Waals surface area contributed by atoms with Crippen molar-refractivity contribution in [2.45, 2.75) is 19.1 Å². The minimum absolute atomic E-state index is 0.175. The summed E-state index contributed by atoms with van der Waals surface area (Å²) in [5, 5.41) is 0.742. The molecule has 0 amide bonds. The molecule has 1 unspecified atom stereocenters. The third-order valence-corrected chi connectivity index (χ3v) is 4.04. The van der Waals surface area contributed by atoms with Gasteiger partial charge in [-0.15, -0.1) is 0 Å². The van der Waals surface area contributed by atoms with E-state index in [0.717, 1.165) is 23.7 Å². The Morgan fingerprint density at radius 2 is 1.95 bits per heavy atom. The van der Waals surface area contributed by atoms with Gasteiger partial charge in [0.15, 0.2) is 0 Å². The van der Waals surface area contributed by atoms with Crippen molar-refractivity contribution in [1.82, 2.24) is 4.90 Å². The second-order valence-electron chi connectivity index (χ2n) is 5.13. The molecule has 2 N–H and O–H groups in total. The van der Waals surface area contributed by atoms with Crippen molar-refractivity contribution in [3.8, 4) is 0 Å². The van der Waals surface area contributed by atoms with Gasteiger partial charge in [0.05, 0.1) is 0 Å². The number of nitrogens with two attached hydrogens (primary N) is 1. The van der Waals surface area contributed by atoms with Crippen molar-refractivity contribution < 1.29 is 4.39 Å². The molecule has 0 bridgehead atoms. The standard InChI is InChI=1S/C16H16ClFN2/c17-13-4-3-12-10-20(16(8-19)15(12)7-13)9-11-1-5-14(18)6-2-11/h1-7,16H,8-10,19H2. The molecule has 3 rings (SSSR count). The van der Waals surface area contributed by atoms with Crippen molar-refractivity contribution >= 4 is 11.6 Å². The molecule has 0 aromatic heterocycles. The Morgan fingerprint density at radius 3 is 2.65 bits per heavy atom. The molecule has 1 aliphatic heterocycles. The molecule has 2 aromatic carbocycles. The average molecular weight is 291 g/mol. The monoisotopic (exact) mass is 290 g/mol. The van der Waals surface area contributed by atoms with Gasteiger partial charge < -0.3 is 5.73 Å². The molecule has 104 valence electrons. The number of fused-ring (bicyclic) bond motifs is 1. The first-order chi connectivity index (χ1) is 9.67. The number of halogens is 2. The third kappa shape index (κ3) is 2.57. The summed E-state index contributed by atoms with van der Waals surface area (Å²) in [4.78, 5) is 2.30. The van der Waals surface area contributed by atoms with Crippen molar-refractivity contribution in [2.24, 2.45) is 5.73 Å². The summed E-state index contributed by atoms with van der Waals surface area (Å²) in [5.74, 6) is -0.208. The van der Waals surface area contributed by atoms with E-state index < -0.39 is 0 Å². The van der Waals surface area contributed by atoms with Crippen LogP contribution in [-0.4, -0.2) is 11.4 Å². The first-order valence-corrected chi connectivity index (χ1v) is 7.02. The van der Waals surface area contributed by atoms with Crippen LogP contribution in [0.5, 0.6) is 0 Å². The van der Waals surface area contributed by atoms with Crippen molar-refractivity contribution in [1.29, 1.82) is 0 Å². The van der Waals surface area contributed by atoms with Gasteiger partial charge >= 0.3 is 0 Å². The summed E-state index contributed by atoms with van der Waals surface area (Å²) < 4.78 is 13.0. The fourth-order valence-electron chi connectivity index (χ4n) is 2.81. The second kappa shape index (κ2) is 5.52. The van der Waals surface area contributed by atoms with Gasteiger partial charge in [0.1, 0.15) is 5.82 Å². The maximum absolute atomic E-state index is 13.0. The highest BCUT2D eigenvalue weighted by molar-refractivity contribution is 6.30. The van der Waals surface area contributed by atoms with E-state index in [1.165, 1.54) is 23.3 Å². The number of benzene rings is 2. The number of hydrogen-bond acceptors (Lipinski definition) is 2. The van der Waals surface area contributed by atoms with Gasteiger partial charge in [0, 0.05) is 30.7 Å². The van der Waals surface area contributed by atoms with E-state index in [1.54, 1.807) is 0 Å². The second-order valence-corrected chi connectivity index (χ2v) is 5.56. The lowest BCUT2D eigenvalue weighted by Gasteiger charge is -2.23. The largest absolute Gasteiger partial charge is 0.329 e. The third-order valence-electron chi connectivity index (χ3n) is 3.80. The van der Waals surface area contributed by atoms with Crippen LogP contribution in [-0.2, 0) is 13.1 Å². The molecule has 1 atom stereocenters. The summed E-state index contributed by atoms with van der Waals surface area (Å²) >= 11 is 6.07. The van der Waals surface area contributed by atoms with Crippen LogP contribution in [0, 0.1) is 5.82 Å².